The summed E-state index contributed by atoms with van der Waals surface area (Å²) >= 11 is 5.93. The van der Waals surface area contributed by atoms with Crippen molar-refractivity contribution in [2.45, 2.75) is 37.8 Å². The van der Waals surface area contributed by atoms with Crippen LogP contribution in [-0.4, -0.2) is 30.5 Å². The molecule has 0 spiro atoms. The van der Waals surface area contributed by atoms with E-state index in [1.165, 1.54) is 0 Å². The van der Waals surface area contributed by atoms with Gasteiger partial charge in [0.2, 0.25) is 5.91 Å². The minimum Gasteiger partial charge on any atom is -0.480 e. The van der Waals surface area contributed by atoms with Crippen molar-refractivity contribution in [3.8, 4) is 5.75 Å². The molecule has 0 radical (unpaired) electrons. The molecule has 112 valence electrons. The van der Waals surface area contributed by atoms with Gasteiger partial charge in [-0.2, -0.15) is 0 Å². The second-order valence-corrected chi connectivity index (χ2v) is 5.85. The molecule has 1 aromatic rings. The molecule has 0 aromatic heterocycles. The Morgan fingerprint density at radius 1 is 1.38 bits per heavy atom. The summed E-state index contributed by atoms with van der Waals surface area (Å²) in [5, 5.41) is 6.22. The van der Waals surface area contributed by atoms with Gasteiger partial charge in [0.05, 0.1) is 0 Å². The second-order valence-electron chi connectivity index (χ2n) is 5.41. The predicted molar refractivity (Wildman–Crippen MR) is 78.4 cm³/mol. The van der Waals surface area contributed by atoms with E-state index in [4.69, 9.17) is 16.3 Å². The summed E-state index contributed by atoms with van der Waals surface area (Å²) in [7, 11) is 0. The Morgan fingerprint density at radius 2 is 2.24 bits per heavy atom. The van der Waals surface area contributed by atoms with E-state index in [1.54, 1.807) is 12.1 Å². The first kappa shape index (κ1) is 14.2. The van der Waals surface area contributed by atoms with Gasteiger partial charge in [-0.3, -0.25) is 9.59 Å². The van der Waals surface area contributed by atoms with Gasteiger partial charge in [0.15, 0.2) is 6.10 Å². The number of nitrogens with one attached hydrogen (secondary N) is 2. The minimum atomic E-state index is -0.588. The highest BCUT2D eigenvalue weighted by Gasteiger charge is 2.32. The van der Waals surface area contributed by atoms with Gasteiger partial charge in [-0.05, 0) is 43.0 Å². The van der Waals surface area contributed by atoms with Crippen LogP contribution in [0.1, 0.15) is 24.8 Å². The highest BCUT2D eigenvalue weighted by Crippen LogP contribution is 2.31. The van der Waals surface area contributed by atoms with E-state index in [1.807, 2.05) is 6.07 Å². The summed E-state index contributed by atoms with van der Waals surface area (Å²) in [6.45, 7) is 0.676. The molecule has 0 bridgehead atoms. The summed E-state index contributed by atoms with van der Waals surface area (Å²) in [6, 6.07) is 4.85. The van der Waals surface area contributed by atoms with E-state index in [2.05, 4.69) is 10.6 Å². The van der Waals surface area contributed by atoms with Gasteiger partial charge < -0.3 is 15.4 Å². The fraction of sp³-hybridized carbons (Fsp3) is 0.467. The van der Waals surface area contributed by atoms with Gasteiger partial charge in [-0.1, -0.05) is 11.6 Å². The maximum absolute atomic E-state index is 12.3. The van der Waals surface area contributed by atoms with E-state index >= 15 is 0 Å². The van der Waals surface area contributed by atoms with Crippen LogP contribution in [0.2, 0.25) is 5.02 Å². The van der Waals surface area contributed by atoms with Crippen molar-refractivity contribution in [1.82, 2.24) is 10.6 Å². The van der Waals surface area contributed by atoms with Crippen molar-refractivity contribution in [3.05, 3.63) is 28.8 Å². The molecule has 1 aromatic carbocycles. The van der Waals surface area contributed by atoms with Gasteiger partial charge in [0, 0.05) is 18.0 Å². The zero-order chi connectivity index (χ0) is 14.8. The normalized spacial score (nSPS) is 24.5. The molecule has 1 fully saturated rings. The molecule has 0 unspecified atom stereocenters. The van der Waals surface area contributed by atoms with Crippen molar-refractivity contribution in [2.24, 2.45) is 0 Å². The molecule has 1 saturated heterocycles. The monoisotopic (exact) mass is 308 g/mol. The molecule has 6 heteroatoms. The number of amides is 2. The first-order chi connectivity index (χ1) is 10.1. The van der Waals surface area contributed by atoms with E-state index in [0.717, 1.165) is 18.4 Å². The first-order valence-corrected chi connectivity index (χ1v) is 7.54. The minimum absolute atomic E-state index is 0.112. The molecule has 2 aliphatic heterocycles. The number of carbonyl (C=O) groups excluding carboxylic acids is 2. The number of fused-ring (bicyclic) bond motifs is 1. The van der Waals surface area contributed by atoms with Gasteiger partial charge in [0.1, 0.15) is 11.8 Å². The maximum Gasteiger partial charge on any atom is 0.262 e. The molecule has 0 saturated carbocycles. The molecule has 3 rings (SSSR count). The topological polar surface area (TPSA) is 67.4 Å². The Bertz CT molecular complexity index is 576. The third-order valence-electron chi connectivity index (χ3n) is 3.84. The number of halogens is 1. The van der Waals surface area contributed by atoms with Gasteiger partial charge in [-0.15, -0.1) is 0 Å². The Labute approximate surface area is 128 Å². The first-order valence-electron chi connectivity index (χ1n) is 7.16. The van der Waals surface area contributed by atoms with Crippen LogP contribution in [0.4, 0.5) is 0 Å². The number of ether oxygens (including phenoxy) is 1. The standard InChI is InChI=1S/C15H17ClN2O3/c16-10-4-5-12-9(7-10)8-13(21-12)15(20)18-11-3-1-2-6-17-14(11)19/h4-5,7,11,13H,1-3,6,8H2,(H,17,19)(H,18,20)/t11-,13-/m1/s1. The third-order valence-corrected chi connectivity index (χ3v) is 4.08. The second kappa shape index (κ2) is 5.93. The van der Waals surface area contributed by atoms with Crippen LogP contribution in [-0.2, 0) is 16.0 Å². The average Bonchev–Trinajstić information content (AvgIpc) is 2.78. The van der Waals surface area contributed by atoms with Crippen molar-refractivity contribution in [1.29, 1.82) is 0 Å². The molecule has 21 heavy (non-hydrogen) atoms. The molecule has 2 heterocycles. The largest absolute Gasteiger partial charge is 0.480 e. The van der Waals surface area contributed by atoms with Crippen LogP contribution >= 0.6 is 11.6 Å². The Kier molecular flexibility index (Phi) is 4.01. The van der Waals surface area contributed by atoms with Crippen molar-refractivity contribution >= 4 is 23.4 Å². The van der Waals surface area contributed by atoms with E-state index in [9.17, 15) is 9.59 Å². The fourth-order valence-electron chi connectivity index (χ4n) is 2.71. The highest BCUT2D eigenvalue weighted by atomic mass is 35.5. The van der Waals surface area contributed by atoms with Crippen LogP contribution in [0.15, 0.2) is 18.2 Å². The lowest BCUT2D eigenvalue weighted by atomic mass is 10.1. The van der Waals surface area contributed by atoms with E-state index in [-0.39, 0.29) is 11.8 Å². The molecule has 2 aliphatic rings. The average molecular weight is 309 g/mol. The van der Waals surface area contributed by atoms with Crippen LogP contribution < -0.4 is 15.4 Å². The zero-order valence-corrected chi connectivity index (χ0v) is 12.3. The molecular weight excluding hydrogens is 292 g/mol. The lowest BCUT2D eigenvalue weighted by Crippen LogP contribution is -2.49. The Hall–Kier alpha value is -1.75. The van der Waals surface area contributed by atoms with Crippen LogP contribution in [0.5, 0.6) is 5.75 Å². The number of carbonyl (C=O) groups is 2. The zero-order valence-electron chi connectivity index (χ0n) is 11.5. The lowest BCUT2D eigenvalue weighted by molar-refractivity contribution is -0.132. The van der Waals surface area contributed by atoms with Gasteiger partial charge >= 0.3 is 0 Å². The van der Waals surface area contributed by atoms with E-state index in [0.29, 0.717) is 30.2 Å². The predicted octanol–water partition coefficient (Wildman–Crippen LogP) is 1.43. The Morgan fingerprint density at radius 3 is 3.10 bits per heavy atom. The quantitative estimate of drug-likeness (QED) is 0.868. The number of benzene rings is 1. The summed E-state index contributed by atoms with van der Waals surface area (Å²) in [5.74, 6) is 0.327. The van der Waals surface area contributed by atoms with Crippen LogP contribution in [0.25, 0.3) is 0 Å². The smallest absolute Gasteiger partial charge is 0.262 e. The molecule has 5 nitrogen and oxygen atoms in total. The summed E-state index contributed by atoms with van der Waals surface area (Å²) in [4.78, 5) is 24.1. The molecule has 0 aliphatic carbocycles. The number of hydrogen-bond donors (Lipinski definition) is 2. The third kappa shape index (κ3) is 3.13. The van der Waals surface area contributed by atoms with Crippen LogP contribution in [0, 0.1) is 0 Å². The Balaban J connectivity index is 1.63. The number of rotatable bonds is 2. The van der Waals surface area contributed by atoms with Gasteiger partial charge in [-0.25, -0.2) is 0 Å². The van der Waals surface area contributed by atoms with Crippen molar-refractivity contribution in [2.75, 3.05) is 6.54 Å². The highest BCUT2D eigenvalue weighted by molar-refractivity contribution is 6.30. The van der Waals surface area contributed by atoms with Gasteiger partial charge in [0.25, 0.3) is 5.91 Å². The molecule has 2 amide bonds. The summed E-state index contributed by atoms with van der Waals surface area (Å²) in [5.41, 5.74) is 0.924. The summed E-state index contributed by atoms with van der Waals surface area (Å²) in [6.07, 6.45) is 2.43. The maximum atomic E-state index is 12.3. The lowest BCUT2D eigenvalue weighted by Gasteiger charge is -2.18. The SMILES string of the molecule is O=C1NCCCC[C@H]1NC(=O)[C@H]1Cc2cc(Cl)ccc2O1. The molecule has 2 atom stereocenters. The molecule has 2 N–H and O–H groups in total. The van der Waals surface area contributed by atoms with Crippen LogP contribution in [0.3, 0.4) is 0 Å². The number of hydrogen-bond acceptors (Lipinski definition) is 3. The van der Waals surface area contributed by atoms with E-state index < -0.39 is 12.1 Å². The summed E-state index contributed by atoms with van der Waals surface area (Å²) < 4.78 is 5.63. The molecular formula is C15H17ClN2O3. The fourth-order valence-corrected chi connectivity index (χ4v) is 2.90. The van der Waals surface area contributed by atoms with Crippen molar-refractivity contribution < 1.29 is 14.3 Å². The van der Waals surface area contributed by atoms with Crippen molar-refractivity contribution in [3.63, 3.8) is 0 Å².